The van der Waals surface area contributed by atoms with Gasteiger partial charge in [0, 0.05) is 13.1 Å². The summed E-state index contributed by atoms with van der Waals surface area (Å²) in [5.41, 5.74) is 1.20. The minimum atomic E-state index is -0.873. The molecule has 1 aromatic carbocycles. The molecule has 1 heterocycles. The average Bonchev–Trinajstić information content (AvgIpc) is 2.77. The van der Waals surface area contributed by atoms with Crippen molar-refractivity contribution >= 4 is 17.3 Å². The Balaban J connectivity index is 2.42. The lowest BCUT2D eigenvalue weighted by Gasteiger charge is -2.20. The summed E-state index contributed by atoms with van der Waals surface area (Å²) in [6.07, 6.45) is 0.815. The second-order valence-electron chi connectivity index (χ2n) is 5.89. The molecule has 114 valence electrons. The Labute approximate surface area is 121 Å². The van der Waals surface area contributed by atoms with Crippen molar-refractivity contribution < 1.29 is 14.1 Å². The molecule has 8 heteroatoms. The Hall–Kier alpha value is -2.22. The van der Waals surface area contributed by atoms with Crippen LogP contribution in [0.1, 0.15) is 30.6 Å². The smallest absolute Gasteiger partial charge is 0.285 e. The van der Waals surface area contributed by atoms with Gasteiger partial charge in [-0.1, -0.05) is 13.8 Å². The van der Waals surface area contributed by atoms with E-state index in [1.807, 2.05) is 13.8 Å². The van der Waals surface area contributed by atoms with Crippen LogP contribution in [-0.4, -0.2) is 28.8 Å². The maximum absolute atomic E-state index is 13.6. The van der Waals surface area contributed by atoms with Crippen LogP contribution in [0.2, 0.25) is 0 Å². The van der Waals surface area contributed by atoms with Gasteiger partial charge in [0.2, 0.25) is 0 Å². The number of hydrogen-bond acceptors (Lipinski definition) is 5. The molecule has 2 rings (SSSR count). The molecule has 0 aliphatic carbocycles. The number of rotatable bonds is 3. The number of nitro groups is 1. The fourth-order valence-corrected chi connectivity index (χ4v) is 2.45. The van der Waals surface area contributed by atoms with Gasteiger partial charge in [-0.2, -0.15) is 0 Å². The highest BCUT2D eigenvalue weighted by Crippen LogP contribution is 2.32. The van der Waals surface area contributed by atoms with Gasteiger partial charge in [0.15, 0.2) is 5.82 Å². The van der Waals surface area contributed by atoms with Gasteiger partial charge < -0.3 is 10.3 Å². The van der Waals surface area contributed by atoms with Crippen molar-refractivity contribution in [2.75, 3.05) is 18.5 Å². The predicted molar refractivity (Wildman–Crippen MR) is 75.2 cm³/mol. The molecule has 0 bridgehead atoms. The van der Waals surface area contributed by atoms with Crippen LogP contribution < -0.4 is 11.3 Å². The zero-order valence-corrected chi connectivity index (χ0v) is 11.9. The molecule has 1 aliphatic rings. The Bertz CT molecular complexity index is 603. The van der Waals surface area contributed by atoms with Crippen LogP contribution in [0.15, 0.2) is 12.1 Å². The van der Waals surface area contributed by atoms with Gasteiger partial charge in [-0.15, -0.1) is 0 Å². The first-order valence-corrected chi connectivity index (χ1v) is 6.49. The summed E-state index contributed by atoms with van der Waals surface area (Å²) in [5.74, 6) is 3.80. The van der Waals surface area contributed by atoms with E-state index >= 15 is 0 Å². The van der Waals surface area contributed by atoms with Gasteiger partial charge in [0.25, 0.3) is 11.6 Å². The fourth-order valence-electron chi connectivity index (χ4n) is 2.45. The summed E-state index contributed by atoms with van der Waals surface area (Å²) in [6.45, 7) is 5.07. The fraction of sp³-hybridized carbons (Fsp3) is 0.462. The molecule has 21 heavy (non-hydrogen) atoms. The number of benzene rings is 1. The molecule has 1 aromatic rings. The molecular weight excluding hydrogens is 279 g/mol. The van der Waals surface area contributed by atoms with Crippen molar-refractivity contribution in [1.29, 1.82) is 0 Å². The maximum atomic E-state index is 13.6. The summed E-state index contributed by atoms with van der Waals surface area (Å²) >= 11 is 0. The van der Waals surface area contributed by atoms with E-state index in [0.717, 1.165) is 12.5 Å². The van der Waals surface area contributed by atoms with E-state index < -0.39 is 22.3 Å². The lowest BCUT2D eigenvalue weighted by molar-refractivity contribution is -0.385. The van der Waals surface area contributed by atoms with Gasteiger partial charge in [-0.25, -0.2) is 4.39 Å². The number of carbonyl (C=O) groups is 1. The largest absolute Gasteiger partial charge is 0.338 e. The monoisotopic (exact) mass is 296 g/mol. The van der Waals surface area contributed by atoms with Gasteiger partial charge in [0.1, 0.15) is 5.56 Å². The predicted octanol–water partition coefficient (Wildman–Crippen LogP) is 1.89. The van der Waals surface area contributed by atoms with Crippen molar-refractivity contribution in [2.24, 2.45) is 11.3 Å². The van der Waals surface area contributed by atoms with Crippen molar-refractivity contribution in [3.05, 3.63) is 33.6 Å². The quantitative estimate of drug-likeness (QED) is 0.504. The molecule has 0 radical (unpaired) electrons. The summed E-state index contributed by atoms with van der Waals surface area (Å²) in [4.78, 5) is 24.3. The minimum Gasteiger partial charge on any atom is -0.338 e. The second kappa shape index (κ2) is 5.28. The minimum absolute atomic E-state index is 0.0284. The van der Waals surface area contributed by atoms with Crippen LogP contribution in [0.3, 0.4) is 0 Å². The highest BCUT2D eigenvalue weighted by Gasteiger charge is 2.35. The first kappa shape index (κ1) is 15.2. The van der Waals surface area contributed by atoms with Crippen molar-refractivity contribution in [3.63, 3.8) is 0 Å². The maximum Gasteiger partial charge on any atom is 0.285 e. The molecule has 0 unspecified atom stereocenters. The third-order valence-corrected chi connectivity index (χ3v) is 3.63. The van der Waals surface area contributed by atoms with E-state index in [1.54, 1.807) is 4.90 Å². The van der Waals surface area contributed by atoms with E-state index in [1.165, 1.54) is 0 Å². The first-order valence-electron chi connectivity index (χ1n) is 6.49. The number of hydrogen-bond donors (Lipinski definition) is 2. The van der Waals surface area contributed by atoms with Gasteiger partial charge >= 0.3 is 0 Å². The van der Waals surface area contributed by atoms with Gasteiger partial charge in [-0.3, -0.25) is 20.8 Å². The number of nitrogen functional groups attached to an aromatic ring is 1. The van der Waals surface area contributed by atoms with Gasteiger partial charge in [-0.05, 0) is 17.9 Å². The molecule has 0 aromatic heterocycles. The number of nitro benzene ring substituents is 1. The van der Waals surface area contributed by atoms with Crippen LogP contribution in [0.4, 0.5) is 15.8 Å². The summed E-state index contributed by atoms with van der Waals surface area (Å²) in [6, 6.07) is 1.80. The number of likely N-dealkylation sites (tertiary alicyclic amines) is 1. The lowest BCUT2D eigenvalue weighted by Crippen LogP contribution is -2.31. The Morgan fingerprint density at radius 2 is 2.19 bits per heavy atom. The second-order valence-corrected chi connectivity index (χ2v) is 5.89. The van der Waals surface area contributed by atoms with Crippen molar-refractivity contribution in [3.8, 4) is 0 Å². The topological polar surface area (TPSA) is 102 Å². The molecule has 1 saturated heterocycles. The van der Waals surface area contributed by atoms with Crippen LogP contribution in [0, 0.1) is 21.3 Å². The molecule has 1 amide bonds. The standard InChI is InChI=1S/C13H17FN4O3/c1-13(2)3-4-17(7-13)12(19)8-5-10(16-15)9(14)6-11(8)18(20)21/h5-6,16H,3-4,7,15H2,1-2H3. The number of hydrazine groups is 1. The van der Waals surface area contributed by atoms with E-state index in [2.05, 4.69) is 5.43 Å². The summed E-state index contributed by atoms with van der Waals surface area (Å²) < 4.78 is 13.6. The van der Waals surface area contributed by atoms with Crippen LogP contribution in [0.25, 0.3) is 0 Å². The zero-order valence-electron chi connectivity index (χ0n) is 11.9. The first-order chi connectivity index (χ1) is 9.75. The molecule has 1 aliphatic heterocycles. The Morgan fingerprint density at radius 3 is 2.67 bits per heavy atom. The number of nitrogens with two attached hydrogens (primary N) is 1. The van der Waals surface area contributed by atoms with Crippen LogP contribution in [0.5, 0.6) is 0 Å². The summed E-state index contributed by atoms with van der Waals surface area (Å²) in [5, 5.41) is 11.0. The highest BCUT2D eigenvalue weighted by atomic mass is 19.1. The number of nitrogens with one attached hydrogen (secondary N) is 1. The number of nitrogens with zero attached hydrogens (tertiary/aromatic N) is 2. The van der Waals surface area contributed by atoms with E-state index in [9.17, 15) is 19.3 Å². The highest BCUT2D eigenvalue weighted by molar-refractivity contribution is 5.99. The molecule has 0 atom stereocenters. The average molecular weight is 296 g/mol. The van der Waals surface area contributed by atoms with Crippen molar-refractivity contribution in [2.45, 2.75) is 20.3 Å². The normalized spacial score (nSPS) is 16.9. The summed E-state index contributed by atoms with van der Waals surface area (Å²) in [7, 11) is 0. The Kier molecular flexibility index (Phi) is 3.82. The number of amides is 1. The van der Waals surface area contributed by atoms with E-state index in [0.29, 0.717) is 19.2 Å². The molecule has 3 N–H and O–H groups in total. The van der Waals surface area contributed by atoms with Crippen LogP contribution >= 0.6 is 0 Å². The number of halogens is 1. The van der Waals surface area contributed by atoms with Crippen molar-refractivity contribution in [1.82, 2.24) is 4.90 Å². The molecule has 0 saturated carbocycles. The molecule has 0 spiro atoms. The third kappa shape index (κ3) is 2.94. The lowest BCUT2D eigenvalue weighted by atomic mass is 9.93. The number of carbonyl (C=O) groups excluding carboxylic acids is 1. The molecule has 7 nitrogen and oxygen atoms in total. The Morgan fingerprint density at radius 1 is 1.52 bits per heavy atom. The SMILES string of the molecule is CC1(C)CCN(C(=O)c2cc(NN)c(F)cc2[N+](=O)[O-])C1. The third-order valence-electron chi connectivity index (χ3n) is 3.63. The zero-order chi connectivity index (χ0) is 15.8. The van der Waals surface area contributed by atoms with E-state index in [-0.39, 0.29) is 16.7 Å². The molecule has 1 fully saturated rings. The van der Waals surface area contributed by atoms with Crippen LogP contribution in [-0.2, 0) is 0 Å². The molecular formula is C13H17FN4O3. The van der Waals surface area contributed by atoms with Gasteiger partial charge in [0.05, 0.1) is 16.7 Å². The van der Waals surface area contributed by atoms with E-state index in [4.69, 9.17) is 5.84 Å². The number of anilines is 1.